The van der Waals surface area contributed by atoms with Gasteiger partial charge in [-0.2, -0.15) is 0 Å². The number of thiazole rings is 1. The molecule has 0 radical (unpaired) electrons. The van der Waals surface area contributed by atoms with E-state index in [1.807, 2.05) is 0 Å². The molecule has 1 N–H and O–H groups in total. The number of aromatic carboxylic acids is 1. The molecule has 0 amide bonds. The van der Waals surface area contributed by atoms with Crippen molar-refractivity contribution >= 4 is 41.0 Å². The normalized spacial score (nSPS) is 14.1. The van der Waals surface area contributed by atoms with Gasteiger partial charge in [-0.1, -0.05) is 35.1 Å². The van der Waals surface area contributed by atoms with Gasteiger partial charge < -0.3 is 33.5 Å². The number of carbonyl (C=O) groups excluding carboxylic acids is 1. The second-order valence-corrected chi connectivity index (χ2v) is 12.0. The molecule has 0 aliphatic carbocycles. The van der Waals surface area contributed by atoms with E-state index in [-0.39, 0.29) is 35.1 Å². The van der Waals surface area contributed by atoms with Gasteiger partial charge in [-0.3, -0.25) is 9.36 Å². The number of carboxylic acids is 1. The number of fused-ring (bicyclic) bond motifs is 1. The van der Waals surface area contributed by atoms with E-state index in [4.69, 9.17) is 40.0 Å². The molecule has 0 bridgehead atoms. The predicted octanol–water partition coefficient (Wildman–Crippen LogP) is 4.76. The molecule has 0 saturated heterocycles. The maximum atomic E-state index is 14.2. The van der Waals surface area contributed by atoms with E-state index in [0.29, 0.717) is 54.7 Å². The average molecular weight is 709 g/mol. The van der Waals surface area contributed by atoms with Gasteiger partial charge in [-0.05, 0) is 73.0 Å². The lowest BCUT2D eigenvalue weighted by Crippen LogP contribution is -2.40. The molecule has 0 fully saturated rings. The third-order valence-electron chi connectivity index (χ3n) is 7.63. The summed E-state index contributed by atoms with van der Waals surface area (Å²) in [7, 11) is 5.90. The number of carboxylic acid groups (broad SMARTS) is 1. The number of rotatable bonds is 12. The Morgan fingerprint density at radius 1 is 0.980 bits per heavy atom. The Morgan fingerprint density at radius 3 is 2.27 bits per heavy atom. The van der Waals surface area contributed by atoms with Gasteiger partial charge >= 0.3 is 11.9 Å². The molecule has 256 valence electrons. The van der Waals surface area contributed by atoms with Crippen LogP contribution in [-0.2, 0) is 16.1 Å². The van der Waals surface area contributed by atoms with Crippen LogP contribution in [0.3, 0.4) is 0 Å². The number of benzene rings is 3. The Hall–Kier alpha value is -5.27. The highest BCUT2D eigenvalue weighted by Gasteiger charge is 2.34. The smallest absolute Gasteiger partial charge is 0.338 e. The maximum Gasteiger partial charge on any atom is 0.338 e. The van der Waals surface area contributed by atoms with E-state index in [2.05, 4.69) is 4.99 Å². The minimum atomic E-state index is -1.05. The maximum absolute atomic E-state index is 14.2. The summed E-state index contributed by atoms with van der Waals surface area (Å²) < 4.78 is 35.3. The number of nitrogens with zero attached hydrogens (tertiary/aromatic N) is 2. The Balaban J connectivity index is 1.61. The summed E-state index contributed by atoms with van der Waals surface area (Å²) in [5, 5.41) is 9.51. The minimum absolute atomic E-state index is 0.0399. The lowest BCUT2D eigenvalue weighted by Gasteiger charge is -2.26. The zero-order valence-corrected chi connectivity index (χ0v) is 29.1. The number of hydrogen-bond acceptors (Lipinski definition) is 11. The highest BCUT2D eigenvalue weighted by atomic mass is 35.5. The molecule has 1 atom stereocenters. The second-order valence-electron chi connectivity index (χ2n) is 10.6. The number of methoxy groups -OCH3 is 4. The highest BCUT2D eigenvalue weighted by Crippen LogP contribution is 2.42. The summed E-state index contributed by atoms with van der Waals surface area (Å²) in [4.78, 5) is 43.9. The number of esters is 1. The van der Waals surface area contributed by atoms with Gasteiger partial charge in [0, 0.05) is 0 Å². The first-order valence-corrected chi connectivity index (χ1v) is 16.1. The molecule has 0 saturated carbocycles. The molecule has 1 aromatic heterocycles. The summed E-state index contributed by atoms with van der Waals surface area (Å²) in [6.07, 6.45) is 1.65. The van der Waals surface area contributed by atoms with Crippen molar-refractivity contribution in [2.24, 2.45) is 4.99 Å². The van der Waals surface area contributed by atoms with Crippen LogP contribution >= 0.6 is 22.9 Å². The van der Waals surface area contributed by atoms with Crippen molar-refractivity contribution in [3.8, 4) is 28.7 Å². The Bertz CT molecular complexity index is 2130. The second kappa shape index (κ2) is 14.9. The van der Waals surface area contributed by atoms with Gasteiger partial charge in [0.25, 0.3) is 5.56 Å². The number of allylic oxidation sites excluding steroid dienone is 1. The van der Waals surface area contributed by atoms with Gasteiger partial charge in [0.1, 0.15) is 6.61 Å². The molecule has 49 heavy (non-hydrogen) atoms. The van der Waals surface area contributed by atoms with Crippen LogP contribution in [0, 0.1) is 0 Å². The lowest BCUT2D eigenvalue weighted by molar-refractivity contribution is -0.139. The Labute approximate surface area is 290 Å². The monoisotopic (exact) mass is 708 g/mol. The SMILES string of the molecule is CCOC(=O)C1=C(C)N=c2s/c(=C/c3cc(Cl)c(OCc4cccc(C(=O)O)c4)c(OC)c3)c(=O)n2[C@@H]1c1cc(OC)c(OC)c(OC)c1. The molecule has 2 heterocycles. The van der Waals surface area contributed by atoms with Crippen molar-refractivity contribution in [1.29, 1.82) is 0 Å². The first kappa shape index (κ1) is 35.0. The zero-order chi connectivity index (χ0) is 35.4. The van der Waals surface area contributed by atoms with E-state index < -0.39 is 23.5 Å². The van der Waals surface area contributed by atoms with Crippen LogP contribution < -0.4 is 38.6 Å². The van der Waals surface area contributed by atoms with Gasteiger partial charge in [0.15, 0.2) is 27.8 Å². The molecule has 1 aliphatic heterocycles. The van der Waals surface area contributed by atoms with Crippen molar-refractivity contribution in [2.45, 2.75) is 26.5 Å². The number of halogens is 1. The van der Waals surface area contributed by atoms with Gasteiger partial charge in [-0.25, -0.2) is 14.6 Å². The van der Waals surface area contributed by atoms with Crippen LogP contribution in [0.25, 0.3) is 6.08 Å². The number of ether oxygens (including phenoxy) is 6. The molecule has 12 nitrogen and oxygen atoms in total. The predicted molar refractivity (Wildman–Crippen MR) is 182 cm³/mol. The van der Waals surface area contributed by atoms with Gasteiger partial charge in [-0.15, -0.1) is 0 Å². The largest absolute Gasteiger partial charge is 0.493 e. The van der Waals surface area contributed by atoms with Crippen LogP contribution in [-0.4, -0.2) is 56.7 Å². The molecular formula is C35H33ClN2O10S. The number of aromatic nitrogens is 1. The van der Waals surface area contributed by atoms with Crippen LogP contribution in [0.15, 0.2) is 69.6 Å². The van der Waals surface area contributed by atoms with Gasteiger partial charge in [0.05, 0.1) is 67.5 Å². The summed E-state index contributed by atoms with van der Waals surface area (Å²) in [5.41, 5.74) is 1.99. The highest BCUT2D eigenvalue weighted by molar-refractivity contribution is 7.07. The van der Waals surface area contributed by atoms with E-state index >= 15 is 0 Å². The fourth-order valence-electron chi connectivity index (χ4n) is 5.43. The quantitative estimate of drug-likeness (QED) is 0.205. The average Bonchev–Trinajstić information content (AvgIpc) is 3.39. The Kier molecular flexibility index (Phi) is 10.6. The molecule has 4 aromatic rings. The van der Waals surface area contributed by atoms with Crippen molar-refractivity contribution in [2.75, 3.05) is 35.0 Å². The summed E-state index contributed by atoms with van der Waals surface area (Å²) in [5.74, 6) is -0.0671. The van der Waals surface area contributed by atoms with Gasteiger partial charge in [0.2, 0.25) is 5.75 Å². The minimum Gasteiger partial charge on any atom is -0.493 e. The van der Waals surface area contributed by atoms with E-state index in [9.17, 15) is 19.5 Å². The van der Waals surface area contributed by atoms with Crippen LogP contribution in [0.2, 0.25) is 5.02 Å². The van der Waals surface area contributed by atoms with Crippen LogP contribution in [0.4, 0.5) is 0 Å². The topological polar surface area (TPSA) is 144 Å². The zero-order valence-electron chi connectivity index (χ0n) is 27.5. The fourth-order valence-corrected chi connectivity index (χ4v) is 6.75. The molecular weight excluding hydrogens is 676 g/mol. The van der Waals surface area contributed by atoms with Crippen molar-refractivity contribution < 1.29 is 43.1 Å². The number of carbonyl (C=O) groups is 2. The van der Waals surface area contributed by atoms with Crippen molar-refractivity contribution in [1.82, 2.24) is 4.57 Å². The van der Waals surface area contributed by atoms with E-state index in [0.717, 1.165) is 11.3 Å². The summed E-state index contributed by atoms with van der Waals surface area (Å²) >= 11 is 7.79. The molecule has 3 aromatic carbocycles. The molecule has 14 heteroatoms. The molecule has 5 rings (SSSR count). The van der Waals surface area contributed by atoms with E-state index in [1.165, 1.54) is 45.1 Å². The third kappa shape index (κ3) is 6.99. The summed E-state index contributed by atoms with van der Waals surface area (Å²) in [6, 6.07) is 12.1. The van der Waals surface area contributed by atoms with E-state index in [1.54, 1.807) is 56.3 Å². The van der Waals surface area contributed by atoms with Crippen LogP contribution in [0.1, 0.15) is 46.9 Å². The first-order valence-electron chi connectivity index (χ1n) is 14.9. The van der Waals surface area contributed by atoms with Crippen molar-refractivity contribution in [3.05, 3.63) is 107 Å². The number of hydrogen-bond donors (Lipinski definition) is 1. The molecule has 0 unspecified atom stereocenters. The van der Waals surface area contributed by atoms with Crippen molar-refractivity contribution in [3.63, 3.8) is 0 Å². The molecule has 1 aliphatic rings. The molecule has 0 spiro atoms. The standard InChI is InChI=1S/C35H33ClN2O10S/c1-7-47-34(42)28-18(2)37-35-38(29(28)22-15-25(44-4)31(46-6)26(16-22)45-5)32(39)27(49-35)14-20-12-23(36)30(24(13-20)43-3)48-17-19-9-8-10-21(11-19)33(40)41/h8-16,29H,7,17H2,1-6H3,(H,40,41)/b27-14+/t29-/m1/s1. The first-order chi connectivity index (χ1) is 23.5. The Morgan fingerprint density at radius 2 is 1.65 bits per heavy atom. The summed E-state index contributed by atoms with van der Waals surface area (Å²) in [6.45, 7) is 3.55. The fraction of sp³-hybridized carbons (Fsp3) is 0.257. The third-order valence-corrected chi connectivity index (χ3v) is 8.89. The lowest BCUT2D eigenvalue weighted by atomic mass is 9.95. The van der Waals surface area contributed by atoms with Crippen LogP contribution in [0.5, 0.6) is 28.7 Å².